The van der Waals surface area contributed by atoms with Gasteiger partial charge in [0.15, 0.2) is 0 Å². The van der Waals surface area contributed by atoms with Gasteiger partial charge in [0.25, 0.3) is 0 Å². The fraction of sp³-hybridized carbons (Fsp3) is 0.600. The van der Waals surface area contributed by atoms with Crippen LogP contribution in [-0.2, 0) is 11.3 Å². The van der Waals surface area contributed by atoms with Crippen LogP contribution in [0.25, 0.3) is 0 Å². The van der Waals surface area contributed by atoms with E-state index in [0.29, 0.717) is 18.9 Å². The number of amides is 1. The fourth-order valence-electron chi connectivity index (χ4n) is 2.20. The van der Waals surface area contributed by atoms with Crippen molar-refractivity contribution in [2.75, 3.05) is 31.9 Å². The van der Waals surface area contributed by atoms with Gasteiger partial charge in [-0.2, -0.15) is 0 Å². The summed E-state index contributed by atoms with van der Waals surface area (Å²) in [5.41, 5.74) is 6.27. The van der Waals surface area contributed by atoms with E-state index in [1.807, 2.05) is 32.9 Å². The molecule has 0 aliphatic carbocycles. The molecule has 2 heterocycles. The molecule has 1 aliphatic rings. The van der Waals surface area contributed by atoms with Crippen LogP contribution >= 0.6 is 0 Å². The Morgan fingerprint density at radius 2 is 1.95 bits per heavy atom. The highest BCUT2D eigenvalue weighted by Gasteiger charge is 2.25. The lowest BCUT2D eigenvalue weighted by atomic mass is 10.2. The number of carbonyl (C=O) groups excluding carboxylic acids is 1. The Hall–Kier alpha value is -1.82. The molecule has 0 atom stereocenters. The van der Waals surface area contributed by atoms with Gasteiger partial charge in [-0.05, 0) is 32.4 Å². The highest BCUT2D eigenvalue weighted by atomic mass is 16.6. The van der Waals surface area contributed by atoms with Crippen molar-refractivity contribution in [2.45, 2.75) is 32.9 Å². The lowest BCUT2D eigenvalue weighted by molar-refractivity contribution is 0.0139. The summed E-state index contributed by atoms with van der Waals surface area (Å²) in [5.74, 6) is 0.536. The summed E-state index contributed by atoms with van der Waals surface area (Å²) >= 11 is 0. The molecule has 1 aromatic rings. The first-order valence-corrected chi connectivity index (χ1v) is 7.24. The maximum atomic E-state index is 12.0. The maximum Gasteiger partial charge on any atom is 0.410 e. The monoisotopic (exact) mass is 292 g/mol. The first kappa shape index (κ1) is 15.6. The molecule has 1 fully saturated rings. The number of hydrogen-bond donors (Lipinski definition) is 1. The number of ether oxygens (including phenoxy) is 1. The Bertz CT molecular complexity index is 473. The molecular weight excluding hydrogens is 268 g/mol. The van der Waals surface area contributed by atoms with Gasteiger partial charge in [0, 0.05) is 38.9 Å². The Morgan fingerprint density at radius 1 is 1.29 bits per heavy atom. The number of anilines is 1. The predicted octanol–water partition coefficient (Wildman–Crippen LogP) is 1.72. The summed E-state index contributed by atoms with van der Waals surface area (Å²) in [7, 11) is 0. The highest BCUT2D eigenvalue weighted by molar-refractivity contribution is 5.68. The van der Waals surface area contributed by atoms with Gasteiger partial charge >= 0.3 is 6.09 Å². The van der Waals surface area contributed by atoms with Gasteiger partial charge in [-0.15, -0.1) is 0 Å². The lowest BCUT2D eigenvalue weighted by Crippen LogP contribution is -2.49. The van der Waals surface area contributed by atoms with Crippen LogP contribution in [-0.4, -0.2) is 52.7 Å². The quantitative estimate of drug-likeness (QED) is 0.898. The van der Waals surface area contributed by atoms with E-state index in [0.717, 1.165) is 25.2 Å². The molecule has 1 amide bonds. The normalized spacial score (nSPS) is 16.8. The molecule has 6 heteroatoms. The first-order valence-electron chi connectivity index (χ1n) is 7.24. The van der Waals surface area contributed by atoms with Gasteiger partial charge in [-0.3, -0.25) is 4.90 Å². The highest BCUT2D eigenvalue weighted by Crippen LogP contribution is 2.13. The Balaban J connectivity index is 1.80. The minimum Gasteiger partial charge on any atom is -0.444 e. The van der Waals surface area contributed by atoms with E-state index in [9.17, 15) is 4.79 Å². The zero-order valence-electron chi connectivity index (χ0n) is 13.0. The Kier molecular flexibility index (Phi) is 4.67. The molecule has 6 nitrogen and oxygen atoms in total. The second kappa shape index (κ2) is 6.30. The van der Waals surface area contributed by atoms with Crippen LogP contribution < -0.4 is 5.73 Å². The van der Waals surface area contributed by atoms with Crippen LogP contribution in [0, 0.1) is 0 Å². The zero-order valence-corrected chi connectivity index (χ0v) is 13.0. The van der Waals surface area contributed by atoms with Gasteiger partial charge in [0.05, 0.1) is 0 Å². The molecule has 0 radical (unpaired) electrons. The number of nitrogens with zero attached hydrogens (tertiary/aromatic N) is 3. The van der Waals surface area contributed by atoms with Crippen molar-refractivity contribution in [1.29, 1.82) is 0 Å². The summed E-state index contributed by atoms with van der Waals surface area (Å²) in [4.78, 5) is 20.1. The summed E-state index contributed by atoms with van der Waals surface area (Å²) in [6, 6.07) is 3.80. The van der Waals surface area contributed by atoms with Gasteiger partial charge < -0.3 is 15.4 Å². The molecule has 0 saturated carbocycles. The number of nitrogen functional groups attached to an aromatic ring is 1. The van der Waals surface area contributed by atoms with Crippen LogP contribution in [0.1, 0.15) is 26.3 Å². The number of hydrogen-bond acceptors (Lipinski definition) is 5. The number of rotatable bonds is 2. The topological polar surface area (TPSA) is 71.7 Å². The van der Waals surface area contributed by atoms with E-state index in [2.05, 4.69) is 9.88 Å². The second-order valence-corrected chi connectivity index (χ2v) is 6.33. The van der Waals surface area contributed by atoms with Crippen LogP contribution in [0.15, 0.2) is 18.3 Å². The second-order valence-electron chi connectivity index (χ2n) is 6.33. The van der Waals surface area contributed by atoms with Crippen LogP contribution in [0.3, 0.4) is 0 Å². The maximum absolute atomic E-state index is 12.0. The Morgan fingerprint density at radius 3 is 2.48 bits per heavy atom. The molecule has 2 rings (SSSR count). The molecule has 1 saturated heterocycles. The fourth-order valence-corrected chi connectivity index (χ4v) is 2.20. The van der Waals surface area contributed by atoms with E-state index in [4.69, 9.17) is 10.5 Å². The molecule has 21 heavy (non-hydrogen) atoms. The summed E-state index contributed by atoms with van der Waals surface area (Å²) in [6.45, 7) is 9.54. The largest absolute Gasteiger partial charge is 0.444 e. The van der Waals surface area contributed by atoms with Crippen molar-refractivity contribution >= 4 is 11.9 Å². The minimum absolute atomic E-state index is 0.226. The van der Waals surface area contributed by atoms with Crippen molar-refractivity contribution in [3.8, 4) is 0 Å². The van der Waals surface area contributed by atoms with Gasteiger partial charge in [0.1, 0.15) is 11.4 Å². The molecule has 116 valence electrons. The van der Waals surface area contributed by atoms with Gasteiger partial charge in [-0.25, -0.2) is 9.78 Å². The summed E-state index contributed by atoms with van der Waals surface area (Å²) in [6.07, 6.45) is 1.58. The van der Waals surface area contributed by atoms with Crippen molar-refractivity contribution in [2.24, 2.45) is 0 Å². The molecule has 0 spiro atoms. The third-order valence-corrected chi connectivity index (χ3v) is 3.28. The molecular formula is C15H24N4O2. The van der Waals surface area contributed by atoms with Crippen molar-refractivity contribution in [1.82, 2.24) is 14.8 Å². The third-order valence-electron chi connectivity index (χ3n) is 3.28. The van der Waals surface area contributed by atoms with Crippen molar-refractivity contribution in [3.05, 3.63) is 23.9 Å². The lowest BCUT2D eigenvalue weighted by Gasteiger charge is -2.35. The van der Waals surface area contributed by atoms with Crippen molar-refractivity contribution < 1.29 is 9.53 Å². The average Bonchev–Trinajstić information content (AvgIpc) is 2.40. The minimum atomic E-state index is -0.441. The number of piperazine rings is 1. The van der Waals surface area contributed by atoms with Crippen molar-refractivity contribution in [3.63, 3.8) is 0 Å². The summed E-state index contributed by atoms with van der Waals surface area (Å²) in [5, 5.41) is 0. The SMILES string of the molecule is CC(C)(C)OC(=O)N1CCN(Cc2ccc(N)nc2)CC1. The number of pyridine rings is 1. The molecule has 2 N–H and O–H groups in total. The predicted molar refractivity (Wildman–Crippen MR) is 81.7 cm³/mol. The van der Waals surface area contributed by atoms with Crippen LogP contribution in [0.5, 0.6) is 0 Å². The van der Waals surface area contributed by atoms with E-state index in [1.54, 1.807) is 11.1 Å². The number of carbonyl (C=O) groups is 1. The average molecular weight is 292 g/mol. The Labute approximate surface area is 125 Å². The van der Waals surface area contributed by atoms with E-state index in [1.165, 1.54) is 0 Å². The standard InChI is InChI=1S/C15H24N4O2/c1-15(2,3)21-14(20)19-8-6-18(7-9-19)11-12-4-5-13(16)17-10-12/h4-5,10H,6-9,11H2,1-3H3,(H2,16,17). The first-order chi connectivity index (χ1) is 9.83. The van der Waals surface area contributed by atoms with E-state index >= 15 is 0 Å². The third kappa shape index (κ3) is 4.90. The molecule has 0 unspecified atom stereocenters. The molecule has 0 aromatic carbocycles. The van der Waals surface area contributed by atoms with Gasteiger partial charge in [-0.1, -0.05) is 6.07 Å². The van der Waals surface area contributed by atoms with Crippen LogP contribution in [0.2, 0.25) is 0 Å². The smallest absolute Gasteiger partial charge is 0.410 e. The zero-order chi connectivity index (χ0) is 15.5. The molecule has 1 aliphatic heterocycles. The van der Waals surface area contributed by atoms with Crippen LogP contribution in [0.4, 0.5) is 10.6 Å². The number of nitrogens with two attached hydrogens (primary N) is 1. The van der Waals surface area contributed by atoms with E-state index in [-0.39, 0.29) is 6.09 Å². The summed E-state index contributed by atoms with van der Waals surface area (Å²) < 4.78 is 5.39. The molecule has 1 aromatic heterocycles. The molecule has 0 bridgehead atoms. The van der Waals surface area contributed by atoms with E-state index < -0.39 is 5.60 Å². The number of aromatic nitrogens is 1. The van der Waals surface area contributed by atoms with Gasteiger partial charge in [0.2, 0.25) is 0 Å².